The third-order valence-electron chi connectivity index (χ3n) is 5.29. The number of benzene rings is 1. The zero-order chi connectivity index (χ0) is 26.2. The third kappa shape index (κ3) is 5.39. The average molecular weight is 561 g/mol. The Morgan fingerprint density at radius 3 is 2.75 bits per heavy atom. The number of nitrogens with one attached hydrogen (secondary N) is 2. The van der Waals surface area contributed by atoms with E-state index in [1.54, 1.807) is 41.0 Å². The van der Waals surface area contributed by atoms with Gasteiger partial charge in [0.05, 0.1) is 36.7 Å². The summed E-state index contributed by atoms with van der Waals surface area (Å²) in [4.78, 5) is 32.0. The van der Waals surface area contributed by atoms with Crippen molar-refractivity contribution >= 4 is 50.9 Å². The van der Waals surface area contributed by atoms with Crippen molar-refractivity contribution in [2.45, 2.75) is 45.9 Å². The standard InChI is InChI=1S/C24H29BrN6O5/c1-13-11-35-12-14-7-16(25)20(34-6)17(8-14)28-18-9-19(30(5)23(33)36-24(2,3)4)31-21(29-18)15(10-26-31)22(32)27-13/h7-10,13H,11-12H2,1-6H3,(H,27,32)(H,28,29)/t13-/m1/s1. The summed E-state index contributed by atoms with van der Waals surface area (Å²) in [6.45, 7) is 7.86. The highest BCUT2D eigenvalue weighted by Crippen LogP contribution is 2.37. The molecule has 0 aliphatic carbocycles. The second kappa shape index (κ2) is 9.94. The molecular formula is C24H29BrN6O5. The Morgan fingerprint density at radius 2 is 2.06 bits per heavy atom. The van der Waals surface area contributed by atoms with Gasteiger partial charge >= 0.3 is 6.09 Å². The number of methoxy groups -OCH3 is 1. The van der Waals surface area contributed by atoms with Gasteiger partial charge in [-0.3, -0.25) is 9.69 Å². The van der Waals surface area contributed by atoms with Crippen LogP contribution in [0.3, 0.4) is 0 Å². The number of aromatic nitrogens is 3. The van der Waals surface area contributed by atoms with Gasteiger partial charge in [-0.25, -0.2) is 9.78 Å². The van der Waals surface area contributed by atoms with Crippen LogP contribution >= 0.6 is 15.9 Å². The lowest BCUT2D eigenvalue weighted by atomic mass is 10.2. The highest BCUT2D eigenvalue weighted by atomic mass is 79.9. The molecule has 0 spiro atoms. The number of fused-ring (bicyclic) bond motifs is 3. The Kier molecular flexibility index (Phi) is 7.10. The van der Waals surface area contributed by atoms with Crippen molar-refractivity contribution in [3.05, 3.63) is 40.0 Å². The van der Waals surface area contributed by atoms with Crippen molar-refractivity contribution in [1.82, 2.24) is 19.9 Å². The molecule has 4 rings (SSSR count). The molecule has 11 nitrogen and oxygen atoms in total. The van der Waals surface area contributed by atoms with Crippen LogP contribution in [0.15, 0.2) is 28.9 Å². The first-order chi connectivity index (χ1) is 17.0. The molecule has 12 heteroatoms. The zero-order valence-corrected chi connectivity index (χ0v) is 22.6. The van der Waals surface area contributed by atoms with Crippen LogP contribution in [0, 0.1) is 0 Å². The SMILES string of the molecule is COc1c(Br)cc2cc1Nc1cc(N(C)C(=O)OC(C)(C)C)n3ncc(c3n1)C(=O)N[C@H](C)COC2. The van der Waals surface area contributed by atoms with E-state index < -0.39 is 11.7 Å². The lowest BCUT2D eigenvalue weighted by Crippen LogP contribution is -2.36. The summed E-state index contributed by atoms with van der Waals surface area (Å²) in [6.07, 6.45) is 0.843. The van der Waals surface area contributed by atoms with E-state index in [9.17, 15) is 9.59 Å². The first-order valence-electron chi connectivity index (χ1n) is 11.3. The van der Waals surface area contributed by atoms with E-state index in [-0.39, 0.29) is 23.2 Å². The van der Waals surface area contributed by atoms with E-state index in [0.717, 1.165) is 10.0 Å². The number of carbonyl (C=O) groups is 2. The van der Waals surface area contributed by atoms with E-state index in [4.69, 9.17) is 14.2 Å². The highest BCUT2D eigenvalue weighted by Gasteiger charge is 2.26. The van der Waals surface area contributed by atoms with Crippen LogP contribution < -0.4 is 20.3 Å². The second-order valence-electron chi connectivity index (χ2n) is 9.51. The van der Waals surface area contributed by atoms with Gasteiger partial charge in [-0.15, -0.1) is 0 Å². The first-order valence-corrected chi connectivity index (χ1v) is 12.1. The summed E-state index contributed by atoms with van der Waals surface area (Å²) in [7, 11) is 3.14. The normalized spacial score (nSPS) is 16.2. The molecule has 3 heterocycles. The van der Waals surface area contributed by atoms with E-state index in [0.29, 0.717) is 36.3 Å². The Balaban J connectivity index is 1.90. The molecule has 1 atom stereocenters. The Bertz CT molecular complexity index is 1320. The lowest BCUT2D eigenvalue weighted by molar-refractivity contribution is 0.0587. The van der Waals surface area contributed by atoms with Crippen molar-refractivity contribution in [3.8, 4) is 5.75 Å². The van der Waals surface area contributed by atoms with Crippen LogP contribution in [0.25, 0.3) is 5.65 Å². The molecule has 2 amide bonds. The van der Waals surface area contributed by atoms with Crippen LogP contribution in [0.4, 0.5) is 22.1 Å². The van der Waals surface area contributed by atoms with E-state index in [1.807, 2.05) is 19.1 Å². The second-order valence-corrected chi connectivity index (χ2v) is 10.4. The third-order valence-corrected chi connectivity index (χ3v) is 5.88. The van der Waals surface area contributed by atoms with Gasteiger partial charge in [-0.05, 0) is 61.3 Å². The largest absolute Gasteiger partial charge is 0.493 e. The monoisotopic (exact) mass is 560 g/mol. The lowest BCUT2D eigenvalue weighted by Gasteiger charge is -2.25. The molecule has 36 heavy (non-hydrogen) atoms. The van der Waals surface area contributed by atoms with Gasteiger partial charge in [0.1, 0.15) is 22.8 Å². The fourth-order valence-electron chi connectivity index (χ4n) is 3.70. The molecule has 0 fully saturated rings. The molecule has 0 radical (unpaired) electrons. The fraction of sp³-hybridized carbons (Fsp3) is 0.417. The molecule has 2 N–H and O–H groups in total. The molecule has 3 aromatic rings. The van der Waals surface area contributed by atoms with Crippen molar-refractivity contribution in [3.63, 3.8) is 0 Å². The fourth-order valence-corrected chi connectivity index (χ4v) is 4.37. The van der Waals surface area contributed by atoms with Gasteiger partial charge in [0.2, 0.25) is 0 Å². The topological polar surface area (TPSA) is 119 Å². The van der Waals surface area contributed by atoms with Gasteiger partial charge in [-0.2, -0.15) is 9.61 Å². The average Bonchev–Trinajstić information content (AvgIpc) is 3.20. The number of anilines is 3. The van der Waals surface area contributed by atoms with Crippen molar-refractivity contribution in [2.24, 2.45) is 0 Å². The smallest absolute Gasteiger partial charge is 0.415 e. The number of rotatable bonds is 2. The molecule has 0 unspecified atom stereocenters. The summed E-state index contributed by atoms with van der Waals surface area (Å²) in [5, 5.41) is 10.5. The predicted octanol–water partition coefficient (Wildman–Crippen LogP) is 4.26. The van der Waals surface area contributed by atoms with Gasteiger partial charge in [0.25, 0.3) is 5.91 Å². The maximum absolute atomic E-state index is 13.1. The number of nitrogens with zero attached hydrogens (tertiary/aromatic N) is 4. The molecule has 1 aliphatic heterocycles. The maximum Gasteiger partial charge on any atom is 0.415 e. The van der Waals surface area contributed by atoms with Crippen LogP contribution in [-0.2, 0) is 16.1 Å². The number of amides is 2. The first kappa shape index (κ1) is 25.7. The number of carbonyl (C=O) groups excluding carboxylic acids is 2. The van der Waals surface area contributed by atoms with E-state index in [1.165, 1.54) is 15.6 Å². The molecule has 2 aromatic heterocycles. The Labute approximate surface area is 217 Å². The number of ether oxygens (including phenoxy) is 3. The van der Waals surface area contributed by atoms with Crippen LogP contribution in [-0.4, -0.2) is 59.0 Å². The molecule has 1 aromatic carbocycles. The molecule has 1 aliphatic rings. The van der Waals surface area contributed by atoms with Crippen LogP contribution in [0.5, 0.6) is 5.75 Å². The van der Waals surface area contributed by atoms with Crippen LogP contribution in [0.1, 0.15) is 43.6 Å². The van der Waals surface area contributed by atoms with E-state index >= 15 is 0 Å². The Hall–Kier alpha value is -3.38. The van der Waals surface area contributed by atoms with Gasteiger partial charge in [0, 0.05) is 19.2 Å². The minimum atomic E-state index is -0.695. The predicted molar refractivity (Wildman–Crippen MR) is 138 cm³/mol. The minimum absolute atomic E-state index is 0.253. The summed E-state index contributed by atoms with van der Waals surface area (Å²) in [5.74, 6) is 0.936. The zero-order valence-electron chi connectivity index (χ0n) is 21.0. The van der Waals surface area contributed by atoms with Gasteiger partial charge in [-0.1, -0.05) is 0 Å². The van der Waals surface area contributed by atoms with Gasteiger partial charge in [0.15, 0.2) is 11.4 Å². The summed E-state index contributed by atoms with van der Waals surface area (Å²) in [6, 6.07) is 5.20. The molecular weight excluding hydrogens is 532 g/mol. The summed E-state index contributed by atoms with van der Waals surface area (Å²) < 4.78 is 19.1. The highest BCUT2D eigenvalue weighted by molar-refractivity contribution is 9.10. The number of hydrogen-bond donors (Lipinski definition) is 2. The van der Waals surface area contributed by atoms with Gasteiger partial charge < -0.3 is 24.8 Å². The Morgan fingerprint density at radius 1 is 1.31 bits per heavy atom. The molecule has 192 valence electrons. The number of hydrogen-bond acceptors (Lipinski definition) is 8. The quantitative estimate of drug-likeness (QED) is 0.477. The van der Waals surface area contributed by atoms with Crippen LogP contribution in [0.2, 0.25) is 0 Å². The minimum Gasteiger partial charge on any atom is -0.493 e. The van der Waals surface area contributed by atoms with Crippen molar-refractivity contribution < 1.29 is 23.8 Å². The summed E-state index contributed by atoms with van der Waals surface area (Å²) in [5.41, 5.74) is 1.34. The van der Waals surface area contributed by atoms with E-state index in [2.05, 4.69) is 36.6 Å². The molecule has 0 saturated heterocycles. The van der Waals surface area contributed by atoms with Crippen molar-refractivity contribution in [1.29, 1.82) is 0 Å². The molecule has 4 bridgehead atoms. The maximum atomic E-state index is 13.1. The van der Waals surface area contributed by atoms with Crippen molar-refractivity contribution in [2.75, 3.05) is 31.0 Å². The number of halogens is 1. The summed E-state index contributed by atoms with van der Waals surface area (Å²) >= 11 is 3.56. The molecule has 0 saturated carbocycles.